The van der Waals surface area contributed by atoms with Crippen LogP contribution in [-0.2, 0) is 23.9 Å². The van der Waals surface area contributed by atoms with Gasteiger partial charge in [-0.1, -0.05) is 54.6 Å². The third-order valence-corrected chi connectivity index (χ3v) is 6.87. The molecule has 1 heterocycles. The van der Waals surface area contributed by atoms with Crippen molar-refractivity contribution in [2.75, 3.05) is 24.6 Å². The summed E-state index contributed by atoms with van der Waals surface area (Å²) in [5.74, 6) is 1.55. The van der Waals surface area contributed by atoms with Crippen molar-refractivity contribution in [1.82, 2.24) is 10.3 Å². The number of nitrogens with one attached hydrogen (secondary N) is 1. The van der Waals surface area contributed by atoms with Gasteiger partial charge in [0.1, 0.15) is 5.82 Å². The van der Waals surface area contributed by atoms with Crippen molar-refractivity contribution in [3.05, 3.63) is 95.3 Å². The molecule has 3 aromatic rings. The number of rotatable bonds is 7. The average Bonchev–Trinajstić information content (AvgIpc) is 2.84. The number of nitrogens with zero attached hydrogens (tertiary/aromatic N) is 3. The minimum atomic E-state index is -0.650. The Morgan fingerprint density at radius 3 is 2.45 bits per heavy atom. The molecule has 4 rings (SSSR count). The number of hydrogen-bond acceptors (Lipinski definition) is 4. The second-order valence-corrected chi connectivity index (χ2v) is 9.66. The second kappa shape index (κ2) is 11.1. The summed E-state index contributed by atoms with van der Waals surface area (Å²) < 4.78 is 25.0. The molecule has 1 saturated heterocycles. The van der Waals surface area contributed by atoms with Gasteiger partial charge in [-0.25, -0.2) is 9.38 Å². The average molecular weight is 463 g/mol. The lowest BCUT2D eigenvalue weighted by Gasteiger charge is -2.26. The maximum Gasteiger partial charge on any atom is 0.178 e. The Balaban J connectivity index is 1.37. The molecule has 1 fully saturated rings. The van der Waals surface area contributed by atoms with E-state index >= 15 is 0 Å². The van der Waals surface area contributed by atoms with Gasteiger partial charge in [0, 0.05) is 47.5 Å². The number of hydrazone groups is 1. The molecule has 0 spiro atoms. The lowest BCUT2D eigenvalue weighted by molar-refractivity contribution is 0.291. The van der Waals surface area contributed by atoms with E-state index in [1.807, 2.05) is 0 Å². The zero-order chi connectivity index (χ0) is 23.0. The molecule has 7 heteroatoms. The Hall–Kier alpha value is -3.16. The van der Waals surface area contributed by atoms with Crippen molar-refractivity contribution in [1.29, 1.82) is 0 Å². The monoisotopic (exact) mass is 462 g/mol. The largest absolute Gasteiger partial charge is 0.304 e. The van der Waals surface area contributed by atoms with Crippen LogP contribution in [0, 0.1) is 5.82 Å². The number of benzene rings is 3. The molecular weight excluding hydrogens is 435 g/mol. The molecule has 5 nitrogen and oxygen atoms in total. The van der Waals surface area contributed by atoms with Crippen LogP contribution in [0.1, 0.15) is 16.7 Å². The SMILES string of the molecule is C=N/C(=N\NCc1ccc(-c2cccc(CN3CCS(=O)CC3)c2)cc1)c1cccc(F)c1. The minimum absolute atomic E-state index is 0.337. The van der Waals surface area contributed by atoms with E-state index in [-0.39, 0.29) is 5.82 Å². The van der Waals surface area contributed by atoms with Crippen LogP contribution in [0.15, 0.2) is 82.9 Å². The van der Waals surface area contributed by atoms with E-state index in [2.05, 4.69) is 75.7 Å². The summed E-state index contributed by atoms with van der Waals surface area (Å²) >= 11 is 0. The summed E-state index contributed by atoms with van der Waals surface area (Å²) in [4.78, 5) is 6.26. The van der Waals surface area contributed by atoms with Crippen LogP contribution in [0.2, 0.25) is 0 Å². The number of aliphatic imine (C=N–C) groups is 1. The maximum absolute atomic E-state index is 13.4. The first-order valence-electron chi connectivity index (χ1n) is 10.9. The third kappa shape index (κ3) is 6.43. The van der Waals surface area contributed by atoms with E-state index in [1.165, 1.54) is 23.3 Å². The normalized spacial score (nSPS) is 15.4. The number of hydrogen-bond donors (Lipinski definition) is 1. The molecule has 1 aliphatic heterocycles. The van der Waals surface area contributed by atoms with Crippen LogP contribution in [0.4, 0.5) is 4.39 Å². The van der Waals surface area contributed by atoms with Gasteiger partial charge in [0.25, 0.3) is 0 Å². The Kier molecular flexibility index (Phi) is 7.75. The Labute approximate surface area is 196 Å². The molecular formula is C26H27FN4OS. The zero-order valence-corrected chi connectivity index (χ0v) is 19.2. The van der Waals surface area contributed by atoms with Gasteiger partial charge in [-0.05, 0) is 47.2 Å². The molecule has 1 N–H and O–H groups in total. The lowest BCUT2D eigenvalue weighted by atomic mass is 10.0. The van der Waals surface area contributed by atoms with E-state index in [1.54, 1.807) is 12.1 Å². The van der Waals surface area contributed by atoms with Crippen LogP contribution in [0.3, 0.4) is 0 Å². The molecule has 0 aromatic heterocycles. The first-order chi connectivity index (χ1) is 16.1. The maximum atomic E-state index is 13.4. The molecule has 170 valence electrons. The van der Waals surface area contributed by atoms with E-state index < -0.39 is 10.8 Å². The standard InChI is InChI=1S/C26H27FN4OS/c1-28-26(24-6-3-7-25(27)17-24)30-29-18-20-8-10-22(11-9-20)23-5-2-4-21(16-23)19-31-12-14-33(32)15-13-31/h2-11,16-17,29H,1,12-15,18-19H2/b30-26-. The predicted molar refractivity (Wildman–Crippen MR) is 134 cm³/mol. The Morgan fingerprint density at radius 2 is 1.73 bits per heavy atom. The van der Waals surface area contributed by atoms with Crippen LogP contribution in [0.25, 0.3) is 11.1 Å². The van der Waals surface area contributed by atoms with Gasteiger partial charge in [0.2, 0.25) is 0 Å². The first kappa shape index (κ1) is 23.0. The van der Waals surface area contributed by atoms with Crippen molar-refractivity contribution in [2.24, 2.45) is 10.1 Å². The molecule has 0 saturated carbocycles. The highest BCUT2D eigenvalue weighted by molar-refractivity contribution is 7.85. The van der Waals surface area contributed by atoms with Gasteiger partial charge in [-0.3, -0.25) is 9.11 Å². The molecule has 33 heavy (non-hydrogen) atoms. The summed E-state index contributed by atoms with van der Waals surface area (Å²) in [6.45, 7) is 6.71. The van der Waals surface area contributed by atoms with Crippen LogP contribution in [-0.4, -0.2) is 46.3 Å². The summed E-state index contributed by atoms with van der Waals surface area (Å²) in [5.41, 5.74) is 8.23. The van der Waals surface area contributed by atoms with Crippen molar-refractivity contribution in [2.45, 2.75) is 13.1 Å². The fourth-order valence-electron chi connectivity index (χ4n) is 3.78. The van der Waals surface area contributed by atoms with Crippen molar-refractivity contribution < 1.29 is 8.60 Å². The predicted octanol–water partition coefficient (Wildman–Crippen LogP) is 4.21. The van der Waals surface area contributed by atoms with Gasteiger partial charge in [0.05, 0.1) is 6.54 Å². The van der Waals surface area contributed by atoms with Gasteiger partial charge in [-0.15, -0.1) is 0 Å². The molecule has 3 aromatic carbocycles. The van der Waals surface area contributed by atoms with E-state index in [4.69, 9.17) is 0 Å². The molecule has 0 unspecified atom stereocenters. The highest BCUT2D eigenvalue weighted by atomic mass is 32.2. The summed E-state index contributed by atoms with van der Waals surface area (Å²) in [6.07, 6.45) is 0. The Bertz CT molecular complexity index is 1150. The fourth-order valence-corrected chi connectivity index (χ4v) is 4.91. The van der Waals surface area contributed by atoms with Crippen LogP contribution >= 0.6 is 0 Å². The molecule has 0 aliphatic carbocycles. The zero-order valence-electron chi connectivity index (χ0n) is 18.4. The number of halogens is 1. The molecule has 1 aliphatic rings. The number of amidine groups is 1. The lowest BCUT2D eigenvalue weighted by Crippen LogP contribution is -2.37. The molecule has 0 amide bonds. The van der Waals surface area contributed by atoms with Crippen LogP contribution < -0.4 is 5.43 Å². The van der Waals surface area contributed by atoms with Crippen molar-refractivity contribution in [3.63, 3.8) is 0 Å². The second-order valence-electron chi connectivity index (χ2n) is 7.96. The smallest absolute Gasteiger partial charge is 0.178 e. The molecule has 0 atom stereocenters. The van der Waals surface area contributed by atoms with E-state index in [0.29, 0.717) is 17.9 Å². The van der Waals surface area contributed by atoms with Crippen molar-refractivity contribution >= 4 is 23.4 Å². The summed E-state index contributed by atoms with van der Waals surface area (Å²) in [5, 5.41) is 4.25. The van der Waals surface area contributed by atoms with Gasteiger partial charge in [0.15, 0.2) is 5.84 Å². The molecule has 0 radical (unpaired) electrons. The molecule has 0 bridgehead atoms. The van der Waals surface area contributed by atoms with E-state index in [0.717, 1.165) is 42.3 Å². The van der Waals surface area contributed by atoms with Crippen LogP contribution in [0.5, 0.6) is 0 Å². The summed E-state index contributed by atoms with van der Waals surface area (Å²) in [6, 6.07) is 23.0. The van der Waals surface area contributed by atoms with Gasteiger partial charge >= 0.3 is 0 Å². The Morgan fingerprint density at radius 1 is 0.970 bits per heavy atom. The highest BCUT2D eigenvalue weighted by Gasteiger charge is 2.15. The first-order valence-corrected chi connectivity index (χ1v) is 12.4. The summed E-state index contributed by atoms with van der Waals surface area (Å²) in [7, 11) is -0.650. The fraction of sp³-hybridized carbons (Fsp3) is 0.231. The van der Waals surface area contributed by atoms with Gasteiger partial charge in [-0.2, -0.15) is 5.10 Å². The highest BCUT2D eigenvalue weighted by Crippen LogP contribution is 2.22. The minimum Gasteiger partial charge on any atom is -0.304 e. The van der Waals surface area contributed by atoms with E-state index in [9.17, 15) is 8.60 Å². The van der Waals surface area contributed by atoms with Crippen molar-refractivity contribution in [3.8, 4) is 11.1 Å². The topological polar surface area (TPSA) is 57.1 Å². The van der Waals surface area contributed by atoms with Gasteiger partial charge < -0.3 is 5.43 Å². The third-order valence-electron chi connectivity index (χ3n) is 5.59. The quantitative estimate of drug-likeness (QED) is 0.325.